The molecule has 0 saturated carbocycles. The van der Waals surface area contributed by atoms with Gasteiger partial charge in [-0.15, -0.1) is 0 Å². The number of amides is 1. The smallest absolute Gasteiger partial charge is 0.339 e. The van der Waals surface area contributed by atoms with Crippen LogP contribution in [0.1, 0.15) is 31.1 Å². The summed E-state index contributed by atoms with van der Waals surface area (Å²) in [6.07, 6.45) is -1.16. The molecule has 0 heterocycles. The number of anilines is 1. The highest BCUT2D eigenvalue weighted by atomic mass is 35.5. The lowest BCUT2D eigenvalue weighted by molar-refractivity contribution is -0.123. The fourth-order valence-corrected chi connectivity index (χ4v) is 2.67. The molecule has 0 fully saturated rings. The third-order valence-corrected chi connectivity index (χ3v) is 4.09. The minimum Gasteiger partial charge on any atom is -0.497 e. The lowest BCUT2D eigenvalue weighted by atomic mass is 10.2. The van der Waals surface area contributed by atoms with Crippen LogP contribution in [0.2, 0.25) is 5.02 Å². The molecule has 1 N–H and O–H groups in total. The second kappa shape index (κ2) is 10.0. The first kappa shape index (κ1) is 22.4. The summed E-state index contributed by atoms with van der Waals surface area (Å²) in [7, 11) is 2.97. The number of halogens is 1. The first-order valence-corrected chi connectivity index (χ1v) is 9.33. The highest BCUT2D eigenvalue weighted by molar-refractivity contribution is 6.32. The SMILES string of the molecule is COc1cccc(NC(=O)[C@@H](C)OC(=O)c2cc(Cl)c(OC(C)C)c(OC)c2)c1. The molecular formula is C21H24ClNO6. The maximum Gasteiger partial charge on any atom is 0.339 e. The Labute approximate surface area is 174 Å². The molecule has 156 valence electrons. The third-order valence-electron chi connectivity index (χ3n) is 3.81. The van der Waals surface area contributed by atoms with Crippen LogP contribution >= 0.6 is 11.6 Å². The van der Waals surface area contributed by atoms with E-state index < -0.39 is 18.0 Å². The predicted octanol–water partition coefficient (Wildman–Crippen LogP) is 4.33. The van der Waals surface area contributed by atoms with Crippen LogP contribution in [0.15, 0.2) is 36.4 Å². The molecule has 0 aromatic heterocycles. The Morgan fingerprint density at radius 1 is 1.03 bits per heavy atom. The topological polar surface area (TPSA) is 83.1 Å². The molecule has 2 aromatic carbocycles. The van der Waals surface area contributed by atoms with E-state index in [1.54, 1.807) is 24.3 Å². The first-order chi connectivity index (χ1) is 13.7. The average Bonchev–Trinajstić information content (AvgIpc) is 2.68. The van der Waals surface area contributed by atoms with E-state index in [9.17, 15) is 9.59 Å². The molecule has 29 heavy (non-hydrogen) atoms. The van der Waals surface area contributed by atoms with E-state index in [0.717, 1.165) is 0 Å². The second-order valence-electron chi connectivity index (χ2n) is 6.42. The van der Waals surface area contributed by atoms with Crippen LogP contribution < -0.4 is 19.5 Å². The Balaban J connectivity index is 2.10. The van der Waals surface area contributed by atoms with Gasteiger partial charge in [-0.25, -0.2) is 4.79 Å². The number of carbonyl (C=O) groups excluding carboxylic acids is 2. The molecule has 0 saturated heterocycles. The summed E-state index contributed by atoms with van der Waals surface area (Å²) in [5.74, 6) is 0.0353. The minimum atomic E-state index is -1.04. The normalized spacial score (nSPS) is 11.6. The van der Waals surface area contributed by atoms with Crippen LogP contribution in [0, 0.1) is 0 Å². The van der Waals surface area contributed by atoms with Crippen molar-refractivity contribution < 1.29 is 28.5 Å². The van der Waals surface area contributed by atoms with Crippen molar-refractivity contribution in [2.75, 3.05) is 19.5 Å². The zero-order valence-electron chi connectivity index (χ0n) is 16.9. The molecule has 8 heteroatoms. The number of benzene rings is 2. The van der Waals surface area contributed by atoms with Crippen LogP contribution in [0.3, 0.4) is 0 Å². The van der Waals surface area contributed by atoms with Crippen LogP contribution in [-0.2, 0) is 9.53 Å². The number of methoxy groups -OCH3 is 2. The van der Waals surface area contributed by atoms with E-state index in [2.05, 4.69) is 5.32 Å². The van der Waals surface area contributed by atoms with E-state index in [1.165, 1.54) is 33.3 Å². The largest absolute Gasteiger partial charge is 0.497 e. The van der Waals surface area contributed by atoms with E-state index in [4.69, 9.17) is 30.5 Å². The fraction of sp³-hybridized carbons (Fsp3) is 0.333. The average molecular weight is 422 g/mol. The number of esters is 1. The minimum absolute atomic E-state index is 0.125. The van der Waals surface area contributed by atoms with Crippen molar-refractivity contribution in [3.8, 4) is 17.2 Å². The maximum atomic E-state index is 12.5. The fourth-order valence-electron chi connectivity index (χ4n) is 2.41. The van der Waals surface area contributed by atoms with Gasteiger partial charge in [0.2, 0.25) is 0 Å². The Morgan fingerprint density at radius 2 is 1.76 bits per heavy atom. The number of carbonyl (C=O) groups is 2. The van der Waals surface area contributed by atoms with Gasteiger partial charge in [0.15, 0.2) is 17.6 Å². The van der Waals surface area contributed by atoms with Crippen molar-refractivity contribution in [3.05, 3.63) is 47.0 Å². The third kappa shape index (κ3) is 6.02. The summed E-state index contributed by atoms with van der Waals surface area (Å²) < 4.78 is 21.3. The maximum absolute atomic E-state index is 12.5. The quantitative estimate of drug-likeness (QED) is 0.639. The summed E-state index contributed by atoms with van der Waals surface area (Å²) in [6.45, 7) is 5.17. The monoisotopic (exact) mass is 421 g/mol. The zero-order chi connectivity index (χ0) is 21.6. The van der Waals surface area contributed by atoms with Gasteiger partial charge < -0.3 is 24.3 Å². The lowest BCUT2D eigenvalue weighted by Crippen LogP contribution is -2.30. The molecule has 2 rings (SSSR count). The molecule has 1 amide bonds. The van der Waals surface area contributed by atoms with Gasteiger partial charge in [-0.2, -0.15) is 0 Å². The molecule has 0 bridgehead atoms. The van der Waals surface area contributed by atoms with E-state index >= 15 is 0 Å². The molecule has 0 aliphatic rings. The van der Waals surface area contributed by atoms with Gasteiger partial charge >= 0.3 is 5.97 Å². The number of nitrogens with one attached hydrogen (secondary N) is 1. The van der Waals surface area contributed by atoms with Gasteiger partial charge in [-0.3, -0.25) is 4.79 Å². The molecule has 0 spiro atoms. The first-order valence-electron chi connectivity index (χ1n) is 8.95. The highest BCUT2D eigenvalue weighted by Gasteiger charge is 2.22. The summed E-state index contributed by atoms with van der Waals surface area (Å²) in [4.78, 5) is 24.8. The van der Waals surface area contributed by atoms with Crippen LogP contribution in [0.5, 0.6) is 17.2 Å². The molecule has 0 radical (unpaired) electrons. The Kier molecular flexibility index (Phi) is 7.73. The van der Waals surface area contributed by atoms with Gasteiger partial charge in [0.1, 0.15) is 5.75 Å². The Hall–Kier alpha value is -2.93. The van der Waals surface area contributed by atoms with Gasteiger partial charge in [0, 0.05) is 11.8 Å². The number of hydrogen-bond acceptors (Lipinski definition) is 6. The van der Waals surface area contributed by atoms with Crippen molar-refractivity contribution in [1.29, 1.82) is 0 Å². The highest BCUT2D eigenvalue weighted by Crippen LogP contribution is 2.37. The standard InChI is InChI=1S/C21H24ClNO6/c1-12(2)28-19-17(22)9-14(10-18(19)27-5)21(25)29-13(3)20(24)23-15-7-6-8-16(11-15)26-4/h6-13H,1-5H3,(H,23,24)/t13-/m1/s1. The van der Waals surface area contributed by atoms with Crippen molar-refractivity contribution in [1.82, 2.24) is 0 Å². The number of ether oxygens (including phenoxy) is 4. The van der Waals surface area contributed by atoms with Gasteiger partial charge in [0.05, 0.1) is 30.9 Å². The summed E-state index contributed by atoms with van der Waals surface area (Å²) in [5, 5.41) is 2.88. The molecule has 7 nitrogen and oxygen atoms in total. The lowest BCUT2D eigenvalue weighted by Gasteiger charge is -2.17. The van der Waals surface area contributed by atoms with Gasteiger partial charge in [-0.05, 0) is 45.0 Å². The van der Waals surface area contributed by atoms with E-state index in [0.29, 0.717) is 22.9 Å². The summed E-state index contributed by atoms with van der Waals surface area (Å²) in [5.41, 5.74) is 0.668. The summed E-state index contributed by atoms with van der Waals surface area (Å²) >= 11 is 6.23. The van der Waals surface area contributed by atoms with E-state index in [1.807, 2.05) is 13.8 Å². The Bertz CT molecular complexity index is 883. The molecular weight excluding hydrogens is 398 g/mol. The second-order valence-corrected chi connectivity index (χ2v) is 6.83. The van der Waals surface area contributed by atoms with E-state index in [-0.39, 0.29) is 16.7 Å². The number of rotatable bonds is 8. The summed E-state index contributed by atoms with van der Waals surface area (Å²) in [6, 6.07) is 9.72. The molecule has 0 aliphatic carbocycles. The molecule has 0 unspecified atom stereocenters. The van der Waals surface area contributed by atoms with Crippen LogP contribution in [0.4, 0.5) is 5.69 Å². The van der Waals surface area contributed by atoms with Crippen molar-refractivity contribution >= 4 is 29.2 Å². The van der Waals surface area contributed by atoms with Crippen molar-refractivity contribution in [2.45, 2.75) is 33.0 Å². The Morgan fingerprint density at radius 3 is 2.38 bits per heavy atom. The zero-order valence-corrected chi connectivity index (χ0v) is 17.7. The predicted molar refractivity (Wildman–Crippen MR) is 110 cm³/mol. The van der Waals surface area contributed by atoms with Crippen molar-refractivity contribution in [2.24, 2.45) is 0 Å². The van der Waals surface area contributed by atoms with Gasteiger partial charge in [0.25, 0.3) is 5.91 Å². The molecule has 0 aliphatic heterocycles. The van der Waals surface area contributed by atoms with Crippen molar-refractivity contribution in [3.63, 3.8) is 0 Å². The van der Waals surface area contributed by atoms with Gasteiger partial charge in [-0.1, -0.05) is 17.7 Å². The van der Waals surface area contributed by atoms with Crippen LogP contribution in [0.25, 0.3) is 0 Å². The molecule has 2 aromatic rings. The molecule has 1 atom stereocenters. The van der Waals surface area contributed by atoms with Crippen LogP contribution in [-0.4, -0.2) is 38.3 Å². The number of hydrogen-bond donors (Lipinski definition) is 1.